The van der Waals surface area contributed by atoms with E-state index in [2.05, 4.69) is 0 Å². The number of carboxylic acids is 1. The summed E-state index contributed by atoms with van der Waals surface area (Å²) in [5.41, 5.74) is 4.42. The van der Waals surface area contributed by atoms with Crippen LogP contribution in [0.3, 0.4) is 0 Å². The van der Waals surface area contributed by atoms with Gasteiger partial charge in [0.15, 0.2) is 11.6 Å². The maximum absolute atomic E-state index is 15.0. The fourth-order valence-electron chi connectivity index (χ4n) is 3.62. The third kappa shape index (κ3) is 3.39. The van der Waals surface area contributed by atoms with Crippen molar-refractivity contribution < 1.29 is 27.8 Å². The van der Waals surface area contributed by atoms with Gasteiger partial charge in [-0.3, -0.25) is 4.79 Å². The minimum Gasteiger partial charge on any atom is -0.477 e. The molecule has 2 heterocycles. The summed E-state index contributed by atoms with van der Waals surface area (Å²) in [5.74, 6) is -2.95. The van der Waals surface area contributed by atoms with Crippen LogP contribution in [-0.4, -0.2) is 41.9 Å². The number of rotatable bonds is 6. The smallest absolute Gasteiger partial charge is 0.387 e. The van der Waals surface area contributed by atoms with E-state index in [0.29, 0.717) is 17.9 Å². The molecular weight excluding hydrogens is 427 g/mol. The number of aromatic nitrogens is 1. The summed E-state index contributed by atoms with van der Waals surface area (Å²) in [6.07, 6.45) is 2.44. The van der Waals surface area contributed by atoms with Gasteiger partial charge in [-0.1, -0.05) is 11.6 Å². The molecule has 0 radical (unpaired) electrons. The lowest BCUT2D eigenvalue weighted by Crippen LogP contribution is -2.42. The van der Waals surface area contributed by atoms with Crippen LogP contribution in [0.2, 0.25) is 0 Å². The van der Waals surface area contributed by atoms with E-state index in [-0.39, 0.29) is 42.3 Å². The van der Waals surface area contributed by atoms with E-state index in [1.165, 1.54) is 9.47 Å². The van der Waals surface area contributed by atoms with Gasteiger partial charge in [-0.05, 0) is 24.5 Å². The van der Waals surface area contributed by atoms with Crippen LogP contribution in [0.15, 0.2) is 27.7 Å². The topological polar surface area (TPSA) is 97.8 Å². The Morgan fingerprint density at radius 2 is 2.03 bits per heavy atom. The summed E-state index contributed by atoms with van der Waals surface area (Å²) in [6.45, 7) is -2.85. The molecule has 1 aliphatic heterocycles. The number of benzene rings is 1. The normalized spacial score (nSPS) is 16.2. The second-order valence-electron chi connectivity index (χ2n) is 7.19. The molecule has 1 aromatic carbocycles. The Hall–Kier alpha value is -2.72. The largest absolute Gasteiger partial charge is 0.477 e. The Labute approximate surface area is 173 Å². The van der Waals surface area contributed by atoms with Crippen molar-refractivity contribution in [2.45, 2.75) is 25.5 Å². The SMILES string of the molecule is NCC(Cl)=C1CN(c2c(F)cc3c(=O)c(C(=O)O)cn(C4CC4)c3c2OC(F)F)C1. The fraction of sp³-hybridized carbons (Fsp3) is 0.368. The van der Waals surface area contributed by atoms with E-state index in [0.717, 1.165) is 17.8 Å². The first-order valence-corrected chi connectivity index (χ1v) is 9.51. The number of ether oxygens (including phenoxy) is 1. The minimum atomic E-state index is -3.28. The summed E-state index contributed by atoms with van der Waals surface area (Å²) in [5, 5.41) is 9.42. The highest BCUT2D eigenvalue weighted by atomic mass is 35.5. The molecule has 30 heavy (non-hydrogen) atoms. The standard InChI is InChI=1S/C19H17ClF3N3O4/c20-12(4-24)8-5-25(6-8)15-13(21)3-10-14(17(15)30-19(22)23)26(9-1-2-9)7-11(16(10)27)18(28)29/h3,7,9,19H,1-2,4-6,24H2,(H,28,29). The van der Waals surface area contributed by atoms with Gasteiger partial charge in [0.1, 0.15) is 11.3 Å². The van der Waals surface area contributed by atoms with Crippen LogP contribution in [0.4, 0.5) is 18.9 Å². The first-order chi connectivity index (χ1) is 14.2. The molecule has 0 spiro atoms. The van der Waals surface area contributed by atoms with Crippen LogP contribution in [-0.2, 0) is 0 Å². The molecule has 2 aromatic rings. The molecule has 11 heteroatoms. The second-order valence-corrected chi connectivity index (χ2v) is 7.65. The molecule has 1 aliphatic carbocycles. The Morgan fingerprint density at radius 3 is 2.57 bits per heavy atom. The number of halogens is 4. The number of hydrogen-bond donors (Lipinski definition) is 2. The molecule has 0 atom stereocenters. The molecular formula is C19H17ClF3N3O4. The van der Waals surface area contributed by atoms with Gasteiger partial charge >= 0.3 is 12.6 Å². The van der Waals surface area contributed by atoms with Crippen LogP contribution in [0.5, 0.6) is 5.75 Å². The monoisotopic (exact) mass is 443 g/mol. The zero-order chi connectivity index (χ0) is 21.7. The van der Waals surface area contributed by atoms with Crippen LogP contribution < -0.4 is 20.8 Å². The lowest BCUT2D eigenvalue weighted by atomic mass is 10.0. The number of pyridine rings is 1. The van der Waals surface area contributed by atoms with Gasteiger partial charge < -0.3 is 25.0 Å². The lowest BCUT2D eigenvalue weighted by Gasteiger charge is -2.38. The Bertz CT molecular complexity index is 1140. The number of carbonyl (C=O) groups is 1. The van der Waals surface area contributed by atoms with Crippen LogP contribution >= 0.6 is 11.6 Å². The number of nitrogens with zero attached hydrogens (tertiary/aromatic N) is 2. The van der Waals surface area contributed by atoms with Crippen molar-refractivity contribution >= 4 is 34.2 Å². The highest BCUT2D eigenvalue weighted by molar-refractivity contribution is 6.30. The Balaban J connectivity index is 1.98. The van der Waals surface area contributed by atoms with E-state index in [9.17, 15) is 23.5 Å². The number of nitrogens with two attached hydrogens (primary N) is 1. The van der Waals surface area contributed by atoms with E-state index >= 15 is 4.39 Å². The van der Waals surface area contributed by atoms with Gasteiger partial charge in [0.2, 0.25) is 5.43 Å². The molecule has 0 bridgehead atoms. The van der Waals surface area contributed by atoms with Crippen molar-refractivity contribution in [2.75, 3.05) is 24.5 Å². The average Bonchev–Trinajstić information content (AvgIpc) is 3.47. The molecule has 1 aromatic heterocycles. The summed E-state index contributed by atoms with van der Waals surface area (Å²) in [6, 6.07) is 0.686. The van der Waals surface area contributed by atoms with Gasteiger partial charge in [0.25, 0.3) is 0 Å². The third-order valence-corrected chi connectivity index (χ3v) is 5.64. The molecule has 2 aliphatic rings. The second kappa shape index (κ2) is 7.51. The minimum absolute atomic E-state index is 0.0495. The highest BCUT2D eigenvalue weighted by Crippen LogP contribution is 2.45. The predicted octanol–water partition coefficient (Wildman–Crippen LogP) is 3.05. The van der Waals surface area contributed by atoms with Crippen molar-refractivity contribution in [3.05, 3.63) is 44.5 Å². The predicted molar refractivity (Wildman–Crippen MR) is 104 cm³/mol. The fourth-order valence-corrected chi connectivity index (χ4v) is 3.74. The number of carboxylic acid groups (broad SMARTS) is 1. The lowest BCUT2D eigenvalue weighted by molar-refractivity contribution is -0.0488. The quantitative estimate of drug-likeness (QED) is 0.712. The van der Waals surface area contributed by atoms with Gasteiger partial charge in [-0.2, -0.15) is 8.78 Å². The van der Waals surface area contributed by atoms with E-state index in [1.807, 2.05) is 0 Å². The summed E-state index contributed by atoms with van der Waals surface area (Å²) in [7, 11) is 0. The molecule has 7 nitrogen and oxygen atoms in total. The van der Waals surface area contributed by atoms with Crippen LogP contribution in [0.1, 0.15) is 29.2 Å². The summed E-state index contributed by atoms with van der Waals surface area (Å²) >= 11 is 6.00. The first-order valence-electron chi connectivity index (χ1n) is 9.13. The maximum atomic E-state index is 15.0. The van der Waals surface area contributed by atoms with Crippen LogP contribution in [0.25, 0.3) is 10.9 Å². The number of hydrogen-bond acceptors (Lipinski definition) is 5. The molecule has 4 rings (SSSR count). The first kappa shape index (κ1) is 20.5. The molecule has 3 N–H and O–H groups in total. The highest BCUT2D eigenvalue weighted by Gasteiger charge is 2.34. The Morgan fingerprint density at radius 1 is 1.37 bits per heavy atom. The van der Waals surface area contributed by atoms with Gasteiger partial charge in [-0.25, -0.2) is 9.18 Å². The molecule has 0 amide bonds. The zero-order valence-corrected chi connectivity index (χ0v) is 16.3. The van der Waals surface area contributed by atoms with Crippen molar-refractivity contribution in [3.63, 3.8) is 0 Å². The van der Waals surface area contributed by atoms with E-state index < -0.39 is 35.1 Å². The number of anilines is 1. The van der Waals surface area contributed by atoms with Crippen LogP contribution in [0, 0.1) is 5.82 Å². The summed E-state index contributed by atoms with van der Waals surface area (Å²) < 4.78 is 47.7. The number of fused-ring (bicyclic) bond motifs is 1. The average molecular weight is 444 g/mol. The molecule has 160 valence electrons. The van der Waals surface area contributed by atoms with Gasteiger partial charge in [0.05, 0.1) is 10.9 Å². The maximum Gasteiger partial charge on any atom is 0.387 e. The molecule has 1 saturated heterocycles. The number of aromatic carboxylic acids is 1. The van der Waals surface area contributed by atoms with Crippen molar-refractivity contribution in [2.24, 2.45) is 5.73 Å². The summed E-state index contributed by atoms with van der Waals surface area (Å²) in [4.78, 5) is 25.6. The van der Waals surface area contributed by atoms with E-state index in [1.54, 1.807) is 0 Å². The number of alkyl halides is 2. The molecule has 2 fully saturated rings. The van der Waals surface area contributed by atoms with Gasteiger partial charge in [-0.15, -0.1) is 0 Å². The zero-order valence-electron chi connectivity index (χ0n) is 15.5. The van der Waals surface area contributed by atoms with Crippen molar-refractivity contribution in [3.8, 4) is 5.75 Å². The third-order valence-electron chi connectivity index (χ3n) is 5.22. The van der Waals surface area contributed by atoms with E-state index in [4.69, 9.17) is 22.1 Å². The van der Waals surface area contributed by atoms with Gasteiger partial charge in [0, 0.05) is 36.9 Å². The van der Waals surface area contributed by atoms with Crippen molar-refractivity contribution in [1.29, 1.82) is 0 Å². The Kier molecular flexibility index (Phi) is 5.15. The molecule has 1 saturated carbocycles. The van der Waals surface area contributed by atoms with Crippen molar-refractivity contribution in [1.82, 2.24) is 4.57 Å². The molecule has 0 unspecified atom stereocenters.